The fourth-order valence-electron chi connectivity index (χ4n) is 2.78. The lowest BCUT2D eigenvalue weighted by atomic mass is 10.2. The van der Waals surface area contributed by atoms with Gasteiger partial charge in [-0.1, -0.05) is 29.8 Å². The maximum atomic E-state index is 12.3. The summed E-state index contributed by atoms with van der Waals surface area (Å²) < 4.78 is 6.64. The van der Waals surface area contributed by atoms with Crippen molar-refractivity contribution < 1.29 is 14.3 Å². The van der Waals surface area contributed by atoms with Crippen molar-refractivity contribution in [2.24, 2.45) is 0 Å². The number of halogens is 1. The first-order valence-corrected chi connectivity index (χ1v) is 8.67. The monoisotopic (exact) mass is 395 g/mol. The van der Waals surface area contributed by atoms with Gasteiger partial charge in [-0.25, -0.2) is 14.5 Å². The molecule has 0 aliphatic heterocycles. The summed E-state index contributed by atoms with van der Waals surface area (Å²) in [5.41, 5.74) is 2.19. The van der Waals surface area contributed by atoms with Crippen molar-refractivity contribution in [2.75, 3.05) is 11.9 Å². The van der Waals surface area contributed by atoms with Crippen molar-refractivity contribution in [2.45, 2.75) is 0 Å². The van der Waals surface area contributed by atoms with Crippen molar-refractivity contribution in [1.29, 1.82) is 0 Å². The second kappa shape index (κ2) is 7.53. The Hall–Kier alpha value is -3.65. The number of benzene rings is 2. The minimum absolute atomic E-state index is 0.370. The minimum Gasteiger partial charge on any atom is -0.452 e. The van der Waals surface area contributed by atoms with Gasteiger partial charge in [0.2, 0.25) is 0 Å². The molecule has 0 saturated heterocycles. The van der Waals surface area contributed by atoms with Gasteiger partial charge in [-0.15, -0.1) is 0 Å². The lowest BCUT2D eigenvalue weighted by molar-refractivity contribution is -0.119. The van der Waals surface area contributed by atoms with Crippen LogP contribution in [0.2, 0.25) is 5.02 Å². The zero-order valence-corrected chi connectivity index (χ0v) is 15.2. The molecular weight excluding hydrogens is 382 g/mol. The first-order valence-electron chi connectivity index (χ1n) is 8.29. The summed E-state index contributed by atoms with van der Waals surface area (Å²) in [5.74, 6) is -1.09. The van der Waals surface area contributed by atoms with E-state index in [0.29, 0.717) is 22.0 Å². The fraction of sp³-hybridized carbons (Fsp3) is 0.0526. The van der Waals surface area contributed by atoms with Crippen LogP contribution in [-0.4, -0.2) is 38.2 Å². The van der Waals surface area contributed by atoms with E-state index in [2.05, 4.69) is 20.4 Å². The van der Waals surface area contributed by atoms with E-state index in [1.54, 1.807) is 30.5 Å². The molecule has 28 heavy (non-hydrogen) atoms. The average molecular weight is 396 g/mol. The van der Waals surface area contributed by atoms with Crippen LogP contribution >= 0.6 is 11.6 Å². The Morgan fingerprint density at radius 2 is 2.07 bits per heavy atom. The van der Waals surface area contributed by atoms with E-state index < -0.39 is 18.5 Å². The summed E-state index contributed by atoms with van der Waals surface area (Å²) in [4.78, 5) is 31.5. The number of para-hydroxylation sites is 1. The van der Waals surface area contributed by atoms with Crippen molar-refractivity contribution in [3.63, 3.8) is 0 Å². The van der Waals surface area contributed by atoms with Gasteiger partial charge in [-0.2, -0.15) is 5.10 Å². The summed E-state index contributed by atoms with van der Waals surface area (Å²) in [6, 6.07) is 12.3. The molecule has 0 aliphatic carbocycles. The van der Waals surface area contributed by atoms with E-state index in [4.69, 9.17) is 16.3 Å². The smallest absolute Gasteiger partial charge is 0.340 e. The molecule has 2 heterocycles. The second-order valence-electron chi connectivity index (χ2n) is 5.87. The molecule has 0 atom stereocenters. The average Bonchev–Trinajstić information content (AvgIpc) is 3.36. The number of ether oxygens (including phenoxy) is 1. The fourth-order valence-corrected chi connectivity index (χ4v) is 2.95. The van der Waals surface area contributed by atoms with Crippen LogP contribution < -0.4 is 5.32 Å². The molecule has 4 aromatic rings. The predicted molar refractivity (Wildman–Crippen MR) is 104 cm³/mol. The number of nitrogens with zero attached hydrogens (tertiary/aromatic N) is 3. The molecule has 0 fully saturated rings. The summed E-state index contributed by atoms with van der Waals surface area (Å²) in [5, 5.41) is 7.90. The molecule has 1 amide bonds. The summed E-state index contributed by atoms with van der Waals surface area (Å²) in [6.45, 7) is -0.443. The Balaban J connectivity index is 1.45. The van der Waals surface area contributed by atoms with Gasteiger partial charge in [-0.3, -0.25) is 4.79 Å². The Labute approximate surface area is 164 Å². The standard InChI is InChI=1S/C19H14ClN5O3/c20-12-5-6-17(25-11-21-10-23-25)16(7-12)24-18(26)9-28-19(27)14-8-22-15-4-2-1-3-13(14)15/h1-8,10-11,22H,9H2,(H,24,26). The number of nitrogens with one attached hydrogen (secondary N) is 2. The number of amides is 1. The quantitative estimate of drug-likeness (QED) is 0.505. The number of aromatic nitrogens is 4. The van der Waals surface area contributed by atoms with Crippen molar-refractivity contribution in [1.82, 2.24) is 19.7 Å². The van der Waals surface area contributed by atoms with E-state index in [0.717, 1.165) is 10.9 Å². The van der Waals surface area contributed by atoms with Crippen molar-refractivity contribution >= 4 is 40.1 Å². The molecule has 2 N–H and O–H groups in total. The third kappa shape index (κ3) is 3.58. The molecule has 0 spiro atoms. The highest BCUT2D eigenvalue weighted by atomic mass is 35.5. The maximum absolute atomic E-state index is 12.3. The summed E-state index contributed by atoms with van der Waals surface area (Å²) >= 11 is 6.03. The number of esters is 1. The van der Waals surface area contributed by atoms with Gasteiger partial charge in [0.05, 0.1) is 16.9 Å². The molecule has 0 unspecified atom stereocenters. The van der Waals surface area contributed by atoms with Gasteiger partial charge < -0.3 is 15.0 Å². The number of rotatable bonds is 5. The van der Waals surface area contributed by atoms with Gasteiger partial charge in [0, 0.05) is 22.1 Å². The zero-order chi connectivity index (χ0) is 19.5. The van der Waals surface area contributed by atoms with Gasteiger partial charge >= 0.3 is 5.97 Å². The number of hydrogen-bond acceptors (Lipinski definition) is 5. The van der Waals surface area contributed by atoms with E-state index in [-0.39, 0.29) is 0 Å². The SMILES string of the molecule is O=C(COC(=O)c1c[nH]c2ccccc12)Nc1cc(Cl)ccc1-n1cncn1. The first-order chi connectivity index (χ1) is 13.6. The molecule has 0 radical (unpaired) electrons. The summed E-state index contributed by atoms with van der Waals surface area (Å²) in [6.07, 6.45) is 4.43. The van der Waals surface area contributed by atoms with Crippen LogP contribution in [0.5, 0.6) is 0 Å². The van der Waals surface area contributed by atoms with Crippen LogP contribution in [0.15, 0.2) is 61.3 Å². The number of carbonyl (C=O) groups excluding carboxylic acids is 2. The Morgan fingerprint density at radius 3 is 2.89 bits per heavy atom. The zero-order valence-electron chi connectivity index (χ0n) is 14.4. The highest BCUT2D eigenvalue weighted by Gasteiger charge is 2.16. The normalized spacial score (nSPS) is 10.8. The molecule has 2 aromatic heterocycles. The van der Waals surface area contributed by atoms with Crippen LogP contribution in [-0.2, 0) is 9.53 Å². The Bertz CT molecular complexity index is 1150. The topological polar surface area (TPSA) is 102 Å². The Morgan fingerprint density at radius 1 is 1.21 bits per heavy atom. The number of fused-ring (bicyclic) bond motifs is 1. The molecule has 9 heteroatoms. The highest BCUT2D eigenvalue weighted by molar-refractivity contribution is 6.31. The van der Waals surface area contributed by atoms with Crippen LogP contribution in [0.3, 0.4) is 0 Å². The molecule has 0 saturated carbocycles. The van der Waals surface area contributed by atoms with Gasteiger partial charge in [0.1, 0.15) is 12.7 Å². The second-order valence-corrected chi connectivity index (χ2v) is 6.31. The lowest BCUT2D eigenvalue weighted by Crippen LogP contribution is -2.21. The van der Waals surface area contributed by atoms with Gasteiger partial charge in [-0.05, 0) is 24.3 Å². The summed E-state index contributed by atoms with van der Waals surface area (Å²) in [7, 11) is 0. The largest absolute Gasteiger partial charge is 0.452 e. The highest BCUT2D eigenvalue weighted by Crippen LogP contribution is 2.24. The first kappa shape index (κ1) is 17.7. The molecule has 0 aliphatic rings. The van der Waals surface area contributed by atoms with Crippen LogP contribution in [0.25, 0.3) is 16.6 Å². The van der Waals surface area contributed by atoms with Crippen molar-refractivity contribution in [3.8, 4) is 5.69 Å². The van der Waals surface area contributed by atoms with Crippen LogP contribution in [0.4, 0.5) is 5.69 Å². The molecule has 8 nitrogen and oxygen atoms in total. The number of aromatic amines is 1. The van der Waals surface area contributed by atoms with Crippen LogP contribution in [0, 0.1) is 0 Å². The number of hydrogen-bond donors (Lipinski definition) is 2. The third-order valence-electron chi connectivity index (χ3n) is 4.04. The van der Waals surface area contributed by atoms with E-state index >= 15 is 0 Å². The van der Waals surface area contributed by atoms with E-state index in [1.165, 1.54) is 17.3 Å². The van der Waals surface area contributed by atoms with E-state index in [9.17, 15) is 9.59 Å². The van der Waals surface area contributed by atoms with Crippen LogP contribution in [0.1, 0.15) is 10.4 Å². The van der Waals surface area contributed by atoms with Gasteiger partial charge in [0.15, 0.2) is 6.61 Å². The molecule has 140 valence electrons. The Kier molecular flexibility index (Phi) is 4.77. The predicted octanol–water partition coefficient (Wildman–Crippen LogP) is 3.20. The lowest BCUT2D eigenvalue weighted by Gasteiger charge is -2.11. The molecular formula is C19H14ClN5O3. The molecule has 4 rings (SSSR count). The van der Waals surface area contributed by atoms with E-state index in [1.807, 2.05) is 18.2 Å². The van der Waals surface area contributed by atoms with Gasteiger partial charge in [0.25, 0.3) is 5.91 Å². The minimum atomic E-state index is -0.588. The maximum Gasteiger partial charge on any atom is 0.340 e. The van der Waals surface area contributed by atoms with Crippen molar-refractivity contribution in [3.05, 3.63) is 71.9 Å². The molecule has 2 aromatic carbocycles. The molecule has 0 bridgehead atoms. The number of H-pyrrole nitrogens is 1. The number of carbonyl (C=O) groups is 2. The number of anilines is 1. The third-order valence-corrected chi connectivity index (χ3v) is 4.28.